The normalized spacial score (nSPS) is 9.67. The molecule has 0 aliphatic carbocycles. The third-order valence-electron chi connectivity index (χ3n) is 2.74. The smallest absolute Gasteiger partial charge is 0.226 e. The molecular formula is C14H21BrClN3O2. The summed E-state index contributed by atoms with van der Waals surface area (Å²) in [5.74, 6) is -0.156. The first kappa shape index (κ1) is 19.9. The fourth-order valence-electron chi connectivity index (χ4n) is 1.62. The number of carbonyl (C=O) groups is 2. The first-order chi connectivity index (χ1) is 9.52. The van der Waals surface area contributed by atoms with Gasteiger partial charge in [0, 0.05) is 36.1 Å². The number of nitrogens with one attached hydrogen (secondary N) is 3. The van der Waals surface area contributed by atoms with Crippen LogP contribution in [0.5, 0.6) is 0 Å². The Hall–Kier alpha value is -1.11. The van der Waals surface area contributed by atoms with Gasteiger partial charge in [0.15, 0.2) is 0 Å². The van der Waals surface area contributed by atoms with E-state index < -0.39 is 0 Å². The van der Waals surface area contributed by atoms with Crippen LogP contribution in [-0.2, 0) is 9.59 Å². The molecule has 0 fully saturated rings. The van der Waals surface area contributed by atoms with Crippen molar-refractivity contribution in [2.24, 2.45) is 0 Å². The van der Waals surface area contributed by atoms with E-state index in [2.05, 4.69) is 31.9 Å². The lowest BCUT2D eigenvalue weighted by Crippen LogP contribution is -2.29. The maximum atomic E-state index is 11.8. The predicted molar refractivity (Wildman–Crippen MR) is 90.9 cm³/mol. The predicted octanol–water partition coefficient (Wildman–Crippen LogP) is 2.23. The summed E-state index contributed by atoms with van der Waals surface area (Å²) >= 11 is 3.38. The Labute approximate surface area is 139 Å². The van der Waals surface area contributed by atoms with E-state index in [1.807, 2.05) is 25.1 Å². The van der Waals surface area contributed by atoms with E-state index in [9.17, 15) is 9.59 Å². The van der Waals surface area contributed by atoms with E-state index in [0.717, 1.165) is 15.7 Å². The number of benzene rings is 1. The molecular weight excluding hydrogens is 358 g/mol. The van der Waals surface area contributed by atoms with Gasteiger partial charge in [-0.15, -0.1) is 12.4 Å². The summed E-state index contributed by atoms with van der Waals surface area (Å²) in [7, 11) is 1.79. The molecule has 5 nitrogen and oxygen atoms in total. The molecule has 1 aromatic carbocycles. The van der Waals surface area contributed by atoms with Crippen LogP contribution in [-0.4, -0.2) is 32.0 Å². The van der Waals surface area contributed by atoms with Crippen molar-refractivity contribution >= 4 is 45.8 Å². The van der Waals surface area contributed by atoms with Gasteiger partial charge in [0.05, 0.1) is 0 Å². The standard InChI is InChI=1S/C14H20BrN3O2.ClH/c1-10-9-11(15)3-4-12(10)18-14(20)6-8-17-13(19)5-7-16-2;/h3-4,9,16H,5-8H2,1-2H3,(H,17,19)(H,18,20);1H. The van der Waals surface area contributed by atoms with Gasteiger partial charge in [-0.05, 0) is 37.7 Å². The highest BCUT2D eigenvalue weighted by atomic mass is 79.9. The van der Waals surface area contributed by atoms with Crippen LogP contribution < -0.4 is 16.0 Å². The molecule has 0 aliphatic rings. The van der Waals surface area contributed by atoms with Crippen LogP contribution in [0.15, 0.2) is 22.7 Å². The molecule has 0 radical (unpaired) electrons. The molecule has 0 atom stereocenters. The minimum Gasteiger partial charge on any atom is -0.356 e. The monoisotopic (exact) mass is 377 g/mol. The zero-order valence-corrected chi connectivity index (χ0v) is 14.6. The van der Waals surface area contributed by atoms with Gasteiger partial charge in [-0.3, -0.25) is 9.59 Å². The highest BCUT2D eigenvalue weighted by molar-refractivity contribution is 9.10. The Morgan fingerprint density at radius 3 is 2.43 bits per heavy atom. The van der Waals surface area contributed by atoms with E-state index in [0.29, 0.717) is 19.5 Å². The van der Waals surface area contributed by atoms with Gasteiger partial charge in [-0.25, -0.2) is 0 Å². The average molecular weight is 379 g/mol. The van der Waals surface area contributed by atoms with Crippen molar-refractivity contribution in [3.63, 3.8) is 0 Å². The summed E-state index contributed by atoms with van der Waals surface area (Å²) in [6.07, 6.45) is 0.685. The van der Waals surface area contributed by atoms with Crippen molar-refractivity contribution in [1.82, 2.24) is 10.6 Å². The minimum atomic E-state index is -0.107. The Morgan fingerprint density at radius 1 is 1.14 bits per heavy atom. The molecule has 0 unspecified atom stereocenters. The molecule has 3 N–H and O–H groups in total. The molecule has 0 aromatic heterocycles. The molecule has 118 valence electrons. The quantitative estimate of drug-likeness (QED) is 0.681. The number of hydrogen-bond acceptors (Lipinski definition) is 3. The lowest BCUT2D eigenvalue weighted by molar-refractivity contribution is -0.121. The Balaban J connectivity index is 0.00000400. The SMILES string of the molecule is CNCCC(=O)NCCC(=O)Nc1ccc(Br)cc1C.Cl. The van der Waals surface area contributed by atoms with Gasteiger partial charge in [0.1, 0.15) is 0 Å². The summed E-state index contributed by atoms with van der Waals surface area (Å²) in [5, 5.41) is 8.44. The Morgan fingerprint density at radius 2 is 1.81 bits per heavy atom. The maximum Gasteiger partial charge on any atom is 0.226 e. The van der Waals surface area contributed by atoms with Gasteiger partial charge in [0.25, 0.3) is 0 Å². The van der Waals surface area contributed by atoms with Gasteiger partial charge in [-0.1, -0.05) is 15.9 Å². The molecule has 0 spiro atoms. The van der Waals surface area contributed by atoms with Crippen LogP contribution in [0.2, 0.25) is 0 Å². The molecule has 0 bridgehead atoms. The van der Waals surface area contributed by atoms with Crippen molar-refractivity contribution in [1.29, 1.82) is 0 Å². The average Bonchev–Trinajstić information content (AvgIpc) is 2.39. The van der Waals surface area contributed by atoms with Crippen LogP contribution in [0.4, 0.5) is 5.69 Å². The molecule has 0 aliphatic heterocycles. The second-order valence-corrected chi connectivity index (χ2v) is 5.38. The first-order valence-corrected chi connectivity index (χ1v) is 7.29. The van der Waals surface area contributed by atoms with Crippen molar-refractivity contribution in [2.45, 2.75) is 19.8 Å². The van der Waals surface area contributed by atoms with Crippen LogP contribution in [0.1, 0.15) is 18.4 Å². The molecule has 0 heterocycles. The number of carbonyl (C=O) groups excluding carboxylic acids is 2. The second kappa shape index (κ2) is 10.6. The van der Waals surface area contributed by atoms with Crippen molar-refractivity contribution < 1.29 is 9.59 Å². The third kappa shape index (κ3) is 8.04. The minimum absolute atomic E-state index is 0. The molecule has 1 rings (SSSR count). The first-order valence-electron chi connectivity index (χ1n) is 6.50. The van der Waals surface area contributed by atoms with Crippen LogP contribution in [0.3, 0.4) is 0 Å². The van der Waals surface area contributed by atoms with Gasteiger partial charge < -0.3 is 16.0 Å². The summed E-state index contributed by atoms with van der Waals surface area (Å²) in [5.41, 5.74) is 1.78. The largest absolute Gasteiger partial charge is 0.356 e. The van der Waals surface area contributed by atoms with Gasteiger partial charge >= 0.3 is 0 Å². The number of rotatable bonds is 7. The molecule has 7 heteroatoms. The van der Waals surface area contributed by atoms with Crippen molar-refractivity contribution in [3.05, 3.63) is 28.2 Å². The molecule has 1 aromatic rings. The lowest BCUT2D eigenvalue weighted by atomic mass is 10.2. The number of halogens is 2. The van der Waals surface area contributed by atoms with Crippen molar-refractivity contribution in [2.75, 3.05) is 25.5 Å². The summed E-state index contributed by atoms with van der Waals surface area (Å²) < 4.78 is 0.977. The molecule has 2 amide bonds. The Kier molecular flexibility index (Phi) is 10.0. The zero-order chi connectivity index (χ0) is 15.0. The third-order valence-corrected chi connectivity index (χ3v) is 3.23. The van der Waals surface area contributed by atoms with Gasteiger partial charge in [0.2, 0.25) is 11.8 Å². The fraction of sp³-hybridized carbons (Fsp3) is 0.429. The topological polar surface area (TPSA) is 70.2 Å². The van der Waals surface area contributed by atoms with E-state index in [1.54, 1.807) is 7.05 Å². The number of aryl methyl sites for hydroxylation is 1. The summed E-state index contributed by atoms with van der Waals surface area (Å²) in [6.45, 7) is 2.92. The van der Waals surface area contributed by atoms with Crippen LogP contribution >= 0.6 is 28.3 Å². The molecule has 0 saturated carbocycles. The number of amides is 2. The van der Waals surface area contributed by atoms with Crippen LogP contribution in [0.25, 0.3) is 0 Å². The molecule has 21 heavy (non-hydrogen) atoms. The second-order valence-electron chi connectivity index (χ2n) is 4.46. The van der Waals surface area contributed by atoms with E-state index in [1.165, 1.54) is 0 Å². The fourth-order valence-corrected chi connectivity index (χ4v) is 2.10. The Bertz CT molecular complexity index is 483. The highest BCUT2D eigenvalue weighted by Gasteiger charge is 2.06. The zero-order valence-electron chi connectivity index (χ0n) is 12.2. The highest BCUT2D eigenvalue weighted by Crippen LogP contribution is 2.19. The van der Waals surface area contributed by atoms with E-state index >= 15 is 0 Å². The number of hydrogen-bond donors (Lipinski definition) is 3. The number of anilines is 1. The van der Waals surface area contributed by atoms with Crippen LogP contribution in [0, 0.1) is 6.92 Å². The lowest BCUT2D eigenvalue weighted by Gasteiger charge is -2.09. The van der Waals surface area contributed by atoms with Gasteiger partial charge in [-0.2, -0.15) is 0 Å². The summed E-state index contributed by atoms with van der Waals surface area (Å²) in [6, 6.07) is 5.67. The maximum absolute atomic E-state index is 11.8. The van der Waals surface area contributed by atoms with E-state index in [-0.39, 0.29) is 30.6 Å². The summed E-state index contributed by atoms with van der Waals surface area (Å²) in [4.78, 5) is 23.1. The van der Waals surface area contributed by atoms with E-state index in [4.69, 9.17) is 0 Å². The van der Waals surface area contributed by atoms with Crippen molar-refractivity contribution in [3.8, 4) is 0 Å². The molecule has 0 saturated heterocycles.